The van der Waals surface area contributed by atoms with E-state index >= 15 is 0 Å². The third-order valence-electron chi connectivity index (χ3n) is 3.07. The van der Waals surface area contributed by atoms with E-state index in [4.69, 9.17) is 15.2 Å². The molecule has 3 N–H and O–H groups in total. The van der Waals surface area contributed by atoms with Crippen molar-refractivity contribution in [3.05, 3.63) is 6.33 Å². The summed E-state index contributed by atoms with van der Waals surface area (Å²) in [6, 6.07) is 0.467. The second kappa shape index (κ2) is 6.39. The molecule has 18 heavy (non-hydrogen) atoms. The van der Waals surface area contributed by atoms with Gasteiger partial charge in [-0.2, -0.15) is 4.98 Å². The summed E-state index contributed by atoms with van der Waals surface area (Å²) in [5.74, 6) is 1.09. The van der Waals surface area contributed by atoms with E-state index in [-0.39, 0.29) is 0 Å². The van der Waals surface area contributed by atoms with Crippen LogP contribution < -0.4 is 15.8 Å². The van der Waals surface area contributed by atoms with Gasteiger partial charge in [-0.15, -0.1) is 0 Å². The SMILES string of the molecule is COCCOc1ncnc(NC2CCCC2)c1N. The van der Waals surface area contributed by atoms with Crippen LogP contribution in [-0.2, 0) is 4.74 Å². The molecule has 100 valence electrons. The van der Waals surface area contributed by atoms with Gasteiger partial charge in [0.2, 0.25) is 5.88 Å². The minimum Gasteiger partial charge on any atom is -0.474 e. The van der Waals surface area contributed by atoms with E-state index in [0.717, 1.165) is 0 Å². The first-order chi connectivity index (χ1) is 8.81. The molecule has 0 aromatic carbocycles. The molecule has 6 heteroatoms. The molecule has 0 atom stereocenters. The maximum atomic E-state index is 5.99. The lowest BCUT2D eigenvalue weighted by Gasteiger charge is -2.15. The van der Waals surface area contributed by atoms with Crippen LogP contribution in [0.2, 0.25) is 0 Å². The third-order valence-corrected chi connectivity index (χ3v) is 3.07. The largest absolute Gasteiger partial charge is 0.474 e. The predicted molar refractivity (Wildman–Crippen MR) is 69.7 cm³/mol. The van der Waals surface area contributed by atoms with Crippen molar-refractivity contribution in [3.8, 4) is 5.88 Å². The smallest absolute Gasteiger partial charge is 0.242 e. The van der Waals surface area contributed by atoms with Crippen molar-refractivity contribution in [3.63, 3.8) is 0 Å². The Kier molecular flexibility index (Phi) is 4.58. The number of ether oxygens (including phenoxy) is 2. The Morgan fingerprint density at radius 1 is 1.33 bits per heavy atom. The number of aromatic nitrogens is 2. The van der Waals surface area contributed by atoms with Gasteiger partial charge in [0, 0.05) is 13.2 Å². The molecule has 0 aliphatic heterocycles. The zero-order valence-electron chi connectivity index (χ0n) is 10.7. The first-order valence-corrected chi connectivity index (χ1v) is 6.30. The van der Waals surface area contributed by atoms with Crippen molar-refractivity contribution in [1.29, 1.82) is 0 Å². The molecule has 0 bridgehead atoms. The van der Waals surface area contributed by atoms with E-state index in [9.17, 15) is 0 Å². The average molecular weight is 252 g/mol. The molecule has 1 aliphatic carbocycles. The van der Waals surface area contributed by atoms with E-state index < -0.39 is 0 Å². The van der Waals surface area contributed by atoms with Gasteiger partial charge < -0.3 is 20.5 Å². The van der Waals surface area contributed by atoms with Gasteiger partial charge in [0.1, 0.15) is 18.6 Å². The number of nitrogens with one attached hydrogen (secondary N) is 1. The number of hydrogen-bond donors (Lipinski definition) is 2. The molecule has 1 aromatic rings. The molecule has 0 unspecified atom stereocenters. The first kappa shape index (κ1) is 12.9. The van der Waals surface area contributed by atoms with Crippen LogP contribution in [0.25, 0.3) is 0 Å². The second-order valence-corrected chi connectivity index (χ2v) is 4.41. The highest BCUT2D eigenvalue weighted by molar-refractivity contribution is 5.66. The van der Waals surface area contributed by atoms with Gasteiger partial charge in [0.15, 0.2) is 5.82 Å². The molecule has 1 heterocycles. The number of nitrogens with two attached hydrogens (primary N) is 1. The third kappa shape index (κ3) is 3.22. The number of hydrogen-bond acceptors (Lipinski definition) is 6. The van der Waals surface area contributed by atoms with Crippen LogP contribution >= 0.6 is 0 Å². The van der Waals surface area contributed by atoms with E-state index in [2.05, 4.69) is 15.3 Å². The molecule has 0 spiro atoms. The number of nitrogens with zero attached hydrogens (tertiary/aromatic N) is 2. The number of anilines is 2. The molecule has 0 amide bonds. The summed E-state index contributed by atoms with van der Waals surface area (Å²) in [7, 11) is 1.62. The van der Waals surface area contributed by atoms with Crippen LogP contribution in [0.15, 0.2) is 6.33 Å². The van der Waals surface area contributed by atoms with Crippen LogP contribution in [0, 0.1) is 0 Å². The van der Waals surface area contributed by atoms with Gasteiger partial charge in [-0.3, -0.25) is 0 Å². The molecule has 1 saturated carbocycles. The zero-order chi connectivity index (χ0) is 12.8. The average Bonchev–Trinajstić information content (AvgIpc) is 2.87. The summed E-state index contributed by atoms with van der Waals surface area (Å²) < 4.78 is 10.4. The Bertz CT molecular complexity index is 380. The zero-order valence-corrected chi connectivity index (χ0v) is 10.7. The van der Waals surface area contributed by atoms with Gasteiger partial charge >= 0.3 is 0 Å². The van der Waals surface area contributed by atoms with Gasteiger partial charge in [-0.1, -0.05) is 12.8 Å². The topological polar surface area (TPSA) is 82.3 Å². The summed E-state index contributed by atoms with van der Waals surface area (Å²) in [6.45, 7) is 0.940. The Morgan fingerprint density at radius 2 is 2.11 bits per heavy atom. The maximum absolute atomic E-state index is 5.99. The normalized spacial score (nSPS) is 15.8. The van der Waals surface area contributed by atoms with Gasteiger partial charge in [-0.25, -0.2) is 4.98 Å². The fraction of sp³-hybridized carbons (Fsp3) is 0.667. The fourth-order valence-corrected chi connectivity index (χ4v) is 2.09. The van der Waals surface area contributed by atoms with Crippen molar-refractivity contribution in [1.82, 2.24) is 9.97 Å². The summed E-state index contributed by atoms with van der Waals surface area (Å²) >= 11 is 0. The van der Waals surface area contributed by atoms with E-state index in [1.807, 2.05) is 0 Å². The van der Waals surface area contributed by atoms with Crippen molar-refractivity contribution in [2.75, 3.05) is 31.4 Å². The number of methoxy groups -OCH3 is 1. The van der Waals surface area contributed by atoms with Crippen LogP contribution in [0.3, 0.4) is 0 Å². The number of nitrogen functional groups attached to an aromatic ring is 1. The molecular weight excluding hydrogens is 232 g/mol. The Hall–Kier alpha value is -1.56. The Labute approximate surface area is 107 Å². The van der Waals surface area contributed by atoms with E-state index in [0.29, 0.717) is 36.6 Å². The molecule has 6 nitrogen and oxygen atoms in total. The van der Waals surface area contributed by atoms with Crippen LogP contribution in [0.4, 0.5) is 11.5 Å². The first-order valence-electron chi connectivity index (χ1n) is 6.30. The summed E-state index contributed by atoms with van der Waals surface area (Å²) in [5.41, 5.74) is 6.46. The minimum absolute atomic E-state index is 0.419. The maximum Gasteiger partial charge on any atom is 0.242 e. The highest BCUT2D eigenvalue weighted by Gasteiger charge is 2.17. The van der Waals surface area contributed by atoms with Crippen LogP contribution in [0.5, 0.6) is 5.88 Å². The quantitative estimate of drug-likeness (QED) is 0.745. The van der Waals surface area contributed by atoms with Crippen molar-refractivity contribution < 1.29 is 9.47 Å². The van der Waals surface area contributed by atoms with Crippen LogP contribution in [0.1, 0.15) is 25.7 Å². The van der Waals surface area contributed by atoms with Crippen molar-refractivity contribution in [2.45, 2.75) is 31.7 Å². The molecule has 1 fully saturated rings. The van der Waals surface area contributed by atoms with Gasteiger partial charge in [0.05, 0.1) is 6.61 Å². The molecule has 1 aromatic heterocycles. The standard InChI is InChI=1S/C12H20N4O2/c1-17-6-7-18-12-10(13)11(14-8-15-12)16-9-4-2-3-5-9/h8-9H,2-7,13H2,1H3,(H,14,15,16). The van der Waals surface area contributed by atoms with Crippen molar-refractivity contribution in [2.24, 2.45) is 0 Å². The Morgan fingerprint density at radius 3 is 2.83 bits per heavy atom. The van der Waals surface area contributed by atoms with Crippen LogP contribution in [-0.4, -0.2) is 36.3 Å². The number of rotatable bonds is 6. The fourth-order valence-electron chi connectivity index (χ4n) is 2.09. The molecule has 1 aliphatic rings. The highest BCUT2D eigenvalue weighted by atomic mass is 16.5. The van der Waals surface area contributed by atoms with E-state index in [1.54, 1.807) is 7.11 Å². The minimum atomic E-state index is 0.419. The monoisotopic (exact) mass is 252 g/mol. The predicted octanol–water partition coefficient (Wildman–Crippen LogP) is 1.44. The van der Waals surface area contributed by atoms with E-state index in [1.165, 1.54) is 32.0 Å². The van der Waals surface area contributed by atoms with Gasteiger partial charge in [-0.05, 0) is 12.8 Å². The molecule has 0 saturated heterocycles. The molecular formula is C12H20N4O2. The lowest BCUT2D eigenvalue weighted by Crippen LogP contribution is -2.17. The molecule has 2 rings (SSSR count). The lowest BCUT2D eigenvalue weighted by atomic mass is 10.2. The Balaban J connectivity index is 1.99. The van der Waals surface area contributed by atoms with Gasteiger partial charge in [0.25, 0.3) is 0 Å². The summed E-state index contributed by atoms with van der Waals surface area (Å²) in [4.78, 5) is 8.20. The summed E-state index contributed by atoms with van der Waals surface area (Å²) in [6.07, 6.45) is 6.34. The van der Waals surface area contributed by atoms with Crippen molar-refractivity contribution >= 4 is 11.5 Å². The lowest BCUT2D eigenvalue weighted by molar-refractivity contribution is 0.144. The summed E-state index contributed by atoms with van der Waals surface area (Å²) in [5, 5.41) is 3.35. The highest BCUT2D eigenvalue weighted by Crippen LogP contribution is 2.28. The second-order valence-electron chi connectivity index (χ2n) is 4.41. The molecule has 0 radical (unpaired) electrons.